The van der Waals surface area contributed by atoms with Crippen LogP contribution in [0.3, 0.4) is 0 Å². The number of aromatic nitrogens is 3. The molecule has 0 spiro atoms. The highest BCUT2D eigenvalue weighted by atomic mass is 16.5. The molecule has 7 heteroatoms. The molecule has 0 amide bonds. The number of ether oxygens (including phenoxy) is 2. The first-order valence-corrected chi connectivity index (χ1v) is 12.0. The predicted octanol–water partition coefficient (Wildman–Crippen LogP) is 6.51. The van der Waals surface area contributed by atoms with E-state index >= 15 is 0 Å². The van der Waals surface area contributed by atoms with Crippen LogP contribution in [0.25, 0.3) is 33.9 Å². The van der Waals surface area contributed by atoms with Crippen molar-refractivity contribution < 1.29 is 18.7 Å². The molecular weight excluding hydrogens is 454 g/mol. The number of hydrogen-bond acceptors (Lipinski definition) is 6. The quantitative estimate of drug-likeness (QED) is 0.136. The zero-order valence-corrected chi connectivity index (χ0v) is 20.3. The molecule has 0 atom stereocenters. The number of furan rings is 1. The van der Waals surface area contributed by atoms with E-state index in [4.69, 9.17) is 18.9 Å². The van der Waals surface area contributed by atoms with Crippen LogP contribution in [0.5, 0.6) is 11.5 Å². The molecule has 3 aromatic heterocycles. The lowest BCUT2D eigenvalue weighted by Crippen LogP contribution is -2.08. The summed E-state index contributed by atoms with van der Waals surface area (Å²) in [5.74, 6) is 2.42. The van der Waals surface area contributed by atoms with Gasteiger partial charge >= 0.3 is 5.97 Å². The standard InChI is InChI=1S/C29H27N3O4/c1-3-4-14-34-24-11-7-10-21(16-24)29-31-28-25(17-23(18-30-28)26-13-8-15-35-26)32(29)19-22-9-5-6-12-27(22)36-20(2)33/h5-13,15-18H,3-4,14,19H2,1-2H3. The van der Waals surface area contributed by atoms with E-state index in [-0.39, 0.29) is 5.97 Å². The maximum absolute atomic E-state index is 11.7. The molecule has 0 N–H and O–H groups in total. The Morgan fingerprint density at radius 3 is 2.72 bits per heavy atom. The molecule has 5 aromatic rings. The van der Waals surface area contributed by atoms with E-state index in [0.29, 0.717) is 24.5 Å². The molecule has 7 nitrogen and oxygen atoms in total. The van der Waals surface area contributed by atoms with Crippen LogP contribution in [0.15, 0.2) is 83.6 Å². The predicted molar refractivity (Wildman–Crippen MR) is 138 cm³/mol. The summed E-state index contributed by atoms with van der Waals surface area (Å²) in [6, 6.07) is 21.2. The second-order valence-corrected chi connectivity index (χ2v) is 8.50. The SMILES string of the molecule is CCCCOc1cccc(-c2nc3ncc(-c4ccco4)cc3n2Cc2ccccc2OC(C)=O)c1. The van der Waals surface area contributed by atoms with Crippen molar-refractivity contribution in [3.05, 3.63) is 84.8 Å². The van der Waals surface area contributed by atoms with Gasteiger partial charge in [0.15, 0.2) is 5.65 Å². The van der Waals surface area contributed by atoms with Crippen LogP contribution in [0.1, 0.15) is 32.3 Å². The van der Waals surface area contributed by atoms with Crippen molar-refractivity contribution in [1.29, 1.82) is 0 Å². The van der Waals surface area contributed by atoms with Gasteiger partial charge in [-0.15, -0.1) is 0 Å². The third-order valence-corrected chi connectivity index (χ3v) is 5.82. The van der Waals surface area contributed by atoms with Crippen molar-refractivity contribution in [3.8, 4) is 34.2 Å². The highest BCUT2D eigenvalue weighted by molar-refractivity contribution is 5.81. The molecule has 0 unspecified atom stereocenters. The number of nitrogens with zero attached hydrogens (tertiary/aromatic N) is 3. The lowest BCUT2D eigenvalue weighted by atomic mass is 10.1. The lowest BCUT2D eigenvalue weighted by Gasteiger charge is -2.14. The van der Waals surface area contributed by atoms with E-state index in [1.807, 2.05) is 60.7 Å². The summed E-state index contributed by atoms with van der Waals surface area (Å²) in [7, 11) is 0. The number of hydrogen-bond donors (Lipinski definition) is 0. The first-order valence-electron chi connectivity index (χ1n) is 12.0. The minimum atomic E-state index is -0.364. The monoisotopic (exact) mass is 481 g/mol. The zero-order valence-electron chi connectivity index (χ0n) is 20.3. The number of esters is 1. The van der Waals surface area contributed by atoms with E-state index in [1.165, 1.54) is 6.92 Å². The summed E-state index contributed by atoms with van der Waals surface area (Å²) in [5, 5.41) is 0. The number of unbranched alkanes of at least 4 members (excludes halogenated alkanes) is 1. The molecule has 0 aliphatic rings. The molecule has 2 aromatic carbocycles. The average Bonchev–Trinajstić information content (AvgIpc) is 3.54. The van der Waals surface area contributed by atoms with Crippen LogP contribution in [0.2, 0.25) is 0 Å². The van der Waals surface area contributed by atoms with E-state index in [9.17, 15) is 4.79 Å². The van der Waals surface area contributed by atoms with Gasteiger partial charge in [0.2, 0.25) is 0 Å². The minimum Gasteiger partial charge on any atom is -0.494 e. The number of pyridine rings is 1. The van der Waals surface area contributed by atoms with Crippen LogP contribution < -0.4 is 9.47 Å². The molecule has 0 fully saturated rings. The summed E-state index contributed by atoms with van der Waals surface area (Å²) >= 11 is 0. The molecule has 0 aliphatic heterocycles. The smallest absolute Gasteiger partial charge is 0.308 e. The van der Waals surface area contributed by atoms with Crippen LogP contribution in [-0.2, 0) is 11.3 Å². The molecule has 0 saturated heterocycles. The van der Waals surface area contributed by atoms with Crippen molar-refractivity contribution in [2.24, 2.45) is 0 Å². The van der Waals surface area contributed by atoms with Crippen LogP contribution in [0.4, 0.5) is 0 Å². The summed E-state index contributed by atoms with van der Waals surface area (Å²) in [5.41, 5.74) is 4.07. The molecule has 0 radical (unpaired) electrons. The Bertz CT molecular complexity index is 1490. The van der Waals surface area contributed by atoms with Crippen LogP contribution >= 0.6 is 0 Å². The van der Waals surface area contributed by atoms with Crippen LogP contribution in [0, 0.1) is 0 Å². The van der Waals surface area contributed by atoms with E-state index in [0.717, 1.165) is 52.4 Å². The molecule has 0 aliphatic carbocycles. The Kier molecular flexibility index (Phi) is 6.80. The molecule has 0 bridgehead atoms. The third-order valence-electron chi connectivity index (χ3n) is 5.82. The van der Waals surface area contributed by atoms with Gasteiger partial charge in [-0.25, -0.2) is 9.97 Å². The summed E-state index contributed by atoms with van der Waals surface area (Å²) in [6.45, 7) is 4.64. The lowest BCUT2D eigenvalue weighted by molar-refractivity contribution is -0.131. The fraction of sp³-hybridized carbons (Fsp3) is 0.207. The van der Waals surface area contributed by atoms with Crippen molar-refractivity contribution in [2.75, 3.05) is 6.61 Å². The van der Waals surface area contributed by atoms with Gasteiger partial charge in [0.1, 0.15) is 23.1 Å². The first-order chi connectivity index (χ1) is 17.6. The van der Waals surface area contributed by atoms with Gasteiger partial charge in [-0.3, -0.25) is 4.79 Å². The molecule has 3 heterocycles. The number of carbonyl (C=O) groups excluding carboxylic acids is 1. The van der Waals surface area contributed by atoms with Crippen molar-refractivity contribution >= 4 is 17.1 Å². The molecule has 36 heavy (non-hydrogen) atoms. The zero-order chi connectivity index (χ0) is 24.9. The Hall–Kier alpha value is -4.39. The first kappa shape index (κ1) is 23.4. The van der Waals surface area contributed by atoms with Crippen molar-refractivity contribution in [3.63, 3.8) is 0 Å². The molecule has 182 valence electrons. The highest BCUT2D eigenvalue weighted by Crippen LogP contribution is 2.31. The van der Waals surface area contributed by atoms with E-state index in [1.54, 1.807) is 18.5 Å². The third kappa shape index (κ3) is 5.00. The van der Waals surface area contributed by atoms with Crippen molar-refractivity contribution in [1.82, 2.24) is 14.5 Å². The summed E-state index contributed by atoms with van der Waals surface area (Å²) in [4.78, 5) is 21.2. The molecule has 5 rings (SSSR count). The summed E-state index contributed by atoms with van der Waals surface area (Å²) in [6.07, 6.45) is 5.47. The van der Waals surface area contributed by atoms with Gasteiger partial charge in [-0.1, -0.05) is 43.7 Å². The van der Waals surface area contributed by atoms with Gasteiger partial charge in [0, 0.05) is 29.8 Å². The average molecular weight is 482 g/mol. The van der Waals surface area contributed by atoms with Crippen LogP contribution in [-0.4, -0.2) is 27.1 Å². The minimum absolute atomic E-state index is 0.364. The maximum Gasteiger partial charge on any atom is 0.308 e. The number of imidazole rings is 1. The van der Waals surface area contributed by atoms with E-state index < -0.39 is 0 Å². The van der Waals surface area contributed by atoms with Gasteiger partial charge < -0.3 is 18.5 Å². The second kappa shape index (κ2) is 10.5. The van der Waals surface area contributed by atoms with Gasteiger partial charge in [0.05, 0.1) is 24.9 Å². The highest BCUT2D eigenvalue weighted by Gasteiger charge is 2.18. The Balaban J connectivity index is 1.63. The van der Waals surface area contributed by atoms with Crippen molar-refractivity contribution in [2.45, 2.75) is 33.2 Å². The summed E-state index contributed by atoms with van der Waals surface area (Å²) < 4.78 is 19.1. The molecular formula is C29H27N3O4. The Labute approximate surface area is 209 Å². The number of rotatable bonds is 9. The topological polar surface area (TPSA) is 79.4 Å². The number of para-hydroxylation sites is 1. The normalized spacial score (nSPS) is 11.1. The number of carbonyl (C=O) groups is 1. The molecule has 0 saturated carbocycles. The van der Waals surface area contributed by atoms with E-state index in [2.05, 4.69) is 16.5 Å². The number of benzene rings is 2. The maximum atomic E-state index is 11.7. The second-order valence-electron chi connectivity index (χ2n) is 8.50. The fourth-order valence-corrected chi connectivity index (χ4v) is 4.08. The number of fused-ring (bicyclic) bond motifs is 1. The van der Waals surface area contributed by atoms with Gasteiger partial charge in [-0.2, -0.15) is 0 Å². The largest absolute Gasteiger partial charge is 0.494 e. The van der Waals surface area contributed by atoms with Gasteiger partial charge in [-0.05, 0) is 42.8 Å². The Morgan fingerprint density at radius 1 is 1.03 bits per heavy atom. The van der Waals surface area contributed by atoms with Gasteiger partial charge in [0.25, 0.3) is 0 Å². The fourth-order valence-electron chi connectivity index (χ4n) is 4.08. The Morgan fingerprint density at radius 2 is 1.92 bits per heavy atom.